The first kappa shape index (κ1) is 24.6. The maximum Gasteiger partial charge on any atom is 0.316 e. The van der Waals surface area contributed by atoms with E-state index in [0.717, 1.165) is 34.4 Å². The monoisotopic (exact) mass is 451 g/mol. The van der Waals surface area contributed by atoms with E-state index in [4.69, 9.17) is 14.7 Å². The lowest BCUT2D eigenvalue weighted by molar-refractivity contribution is -0.144. The Balaban J connectivity index is 1.55. The predicted molar refractivity (Wildman–Crippen MR) is 134 cm³/mol. The van der Waals surface area contributed by atoms with Crippen LogP contribution in [-0.2, 0) is 4.79 Å². The fourth-order valence-electron chi connectivity index (χ4n) is 3.32. The lowest BCUT2D eigenvalue weighted by Gasteiger charge is -2.22. The quantitative estimate of drug-likeness (QED) is 0.181. The van der Waals surface area contributed by atoms with Gasteiger partial charge < -0.3 is 9.47 Å². The number of aryl methyl sites for hydroxylation is 2. The summed E-state index contributed by atoms with van der Waals surface area (Å²) in [4.78, 5) is 12.8. The molecule has 0 N–H and O–H groups in total. The molecular formula is C30H29NO3. The van der Waals surface area contributed by atoms with E-state index < -0.39 is 5.41 Å². The van der Waals surface area contributed by atoms with Gasteiger partial charge in [-0.1, -0.05) is 30.0 Å². The standard InChI is InChI=1S/C30H29NO3/c1-22-9-10-23(2)28(19-22)33-18-6-17-30(3,4)29(32)34-27-8-5-7-25(20-27)14-11-24-12-15-26(21-31)16-13-24/h5,7-10,12-13,15-16,19-20H,6,17-18H2,1-4H3. The molecule has 3 aromatic rings. The van der Waals surface area contributed by atoms with Gasteiger partial charge in [0.1, 0.15) is 11.5 Å². The Labute approximate surface area is 202 Å². The molecule has 0 aliphatic heterocycles. The van der Waals surface area contributed by atoms with Crippen LogP contribution in [0.2, 0.25) is 0 Å². The zero-order valence-electron chi connectivity index (χ0n) is 20.1. The molecule has 3 rings (SSSR count). The number of ether oxygens (including phenoxy) is 2. The van der Waals surface area contributed by atoms with Crippen molar-refractivity contribution >= 4 is 5.97 Å². The predicted octanol–water partition coefficient (Wildman–Crippen LogP) is 6.37. The maximum atomic E-state index is 12.8. The second-order valence-corrected chi connectivity index (χ2v) is 8.96. The van der Waals surface area contributed by atoms with Crippen LogP contribution in [-0.4, -0.2) is 12.6 Å². The molecule has 4 nitrogen and oxygen atoms in total. The number of nitriles is 1. The second-order valence-electron chi connectivity index (χ2n) is 8.96. The Morgan fingerprint density at radius 1 is 0.912 bits per heavy atom. The van der Waals surface area contributed by atoms with Gasteiger partial charge in [-0.3, -0.25) is 4.79 Å². The van der Waals surface area contributed by atoms with E-state index in [2.05, 4.69) is 30.0 Å². The summed E-state index contributed by atoms with van der Waals surface area (Å²) in [6, 6.07) is 22.5. The van der Waals surface area contributed by atoms with E-state index >= 15 is 0 Å². The first-order valence-corrected chi connectivity index (χ1v) is 11.3. The summed E-state index contributed by atoms with van der Waals surface area (Å²) in [6.45, 7) is 8.39. The molecular weight excluding hydrogens is 422 g/mol. The van der Waals surface area contributed by atoms with Gasteiger partial charge in [-0.05, 0) is 100 Å². The highest BCUT2D eigenvalue weighted by molar-refractivity contribution is 5.78. The smallest absolute Gasteiger partial charge is 0.316 e. The normalized spacial score (nSPS) is 10.6. The molecule has 3 aromatic carbocycles. The summed E-state index contributed by atoms with van der Waals surface area (Å²) >= 11 is 0. The number of benzene rings is 3. The largest absolute Gasteiger partial charge is 0.493 e. The molecule has 0 radical (unpaired) electrons. The summed E-state index contributed by atoms with van der Waals surface area (Å²) in [7, 11) is 0. The molecule has 0 amide bonds. The maximum absolute atomic E-state index is 12.8. The van der Waals surface area contributed by atoms with E-state index in [1.165, 1.54) is 0 Å². The summed E-state index contributed by atoms with van der Waals surface area (Å²) in [5.74, 6) is 7.22. The number of carbonyl (C=O) groups excluding carboxylic acids is 1. The number of carbonyl (C=O) groups is 1. The average Bonchev–Trinajstić information content (AvgIpc) is 2.83. The minimum atomic E-state index is -0.644. The van der Waals surface area contributed by atoms with Crippen LogP contribution in [0.15, 0.2) is 66.7 Å². The van der Waals surface area contributed by atoms with E-state index in [9.17, 15) is 4.79 Å². The lowest BCUT2D eigenvalue weighted by Crippen LogP contribution is -2.29. The van der Waals surface area contributed by atoms with Crippen molar-refractivity contribution in [1.82, 2.24) is 0 Å². The molecule has 4 heteroatoms. The van der Waals surface area contributed by atoms with Gasteiger partial charge in [-0.2, -0.15) is 5.26 Å². The van der Waals surface area contributed by atoms with Gasteiger partial charge >= 0.3 is 5.97 Å². The molecule has 0 unspecified atom stereocenters. The number of nitrogens with zero attached hydrogens (tertiary/aromatic N) is 1. The fraction of sp³-hybridized carbons (Fsp3) is 0.267. The molecule has 0 heterocycles. The van der Waals surface area contributed by atoms with Crippen molar-refractivity contribution in [2.45, 2.75) is 40.5 Å². The third-order valence-corrected chi connectivity index (χ3v) is 5.51. The number of hydrogen-bond acceptors (Lipinski definition) is 4. The Kier molecular flexibility index (Phi) is 8.12. The molecule has 0 bridgehead atoms. The third-order valence-electron chi connectivity index (χ3n) is 5.51. The minimum absolute atomic E-state index is 0.281. The first-order chi connectivity index (χ1) is 16.3. The minimum Gasteiger partial charge on any atom is -0.493 e. The lowest BCUT2D eigenvalue weighted by atomic mass is 9.88. The average molecular weight is 452 g/mol. The van der Waals surface area contributed by atoms with Crippen LogP contribution in [0.4, 0.5) is 0 Å². The highest BCUT2D eigenvalue weighted by Gasteiger charge is 2.29. The molecule has 0 aliphatic rings. The summed E-state index contributed by atoms with van der Waals surface area (Å²) in [5.41, 5.74) is 3.77. The molecule has 172 valence electrons. The van der Waals surface area contributed by atoms with Crippen LogP contribution in [0.5, 0.6) is 11.5 Å². The zero-order chi connectivity index (χ0) is 24.6. The van der Waals surface area contributed by atoms with Gasteiger partial charge in [0, 0.05) is 11.1 Å². The van der Waals surface area contributed by atoms with Crippen LogP contribution in [0.25, 0.3) is 0 Å². The third kappa shape index (κ3) is 6.99. The van der Waals surface area contributed by atoms with Crippen LogP contribution >= 0.6 is 0 Å². The molecule has 34 heavy (non-hydrogen) atoms. The highest BCUT2D eigenvalue weighted by atomic mass is 16.5. The van der Waals surface area contributed by atoms with Gasteiger partial charge in [0.05, 0.1) is 23.7 Å². The van der Waals surface area contributed by atoms with Gasteiger partial charge in [0.2, 0.25) is 0 Å². The van der Waals surface area contributed by atoms with Crippen molar-refractivity contribution in [3.63, 3.8) is 0 Å². The van der Waals surface area contributed by atoms with Gasteiger partial charge in [0.25, 0.3) is 0 Å². The molecule has 0 aliphatic carbocycles. The van der Waals surface area contributed by atoms with Crippen molar-refractivity contribution in [2.75, 3.05) is 6.61 Å². The van der Waals surface area contributed by atoms with Crippen molar-refractivity contribution in [1.29, 1.82) is 5.26 Å². The molecule has 0 aromatic heterocycles. The Bertz CT molecular complexity index is 1250. The van der Waals surface area contributed by atoms with Gasteiger partial charge in [0.15, 0.2) is 0 Å². The van der Waals surface area contributed by atoms with Crippen LogP contribution in [0.1, 0.15) is 54.5 Å². The topological polar surface area (TPSA) is 59.3 Å². The fourth-order valence-corrected chi connectivity index (χ4v) is 3.32. The Morgan fingerprint density at radius 2 is 1.62 bits per heavy atom. The highest BCUT2D eigenvalue weighted by Crippen LogP contribution is 2.27. The van der Waals surface area contributed by atoms with Crippen LogP contribution in [0.3, 0.4) is 0 Å². The van der Waals surface area contributed by atoms with Crippen molar-refractivity contribution < 1.29 is 14.3 Å². The van der Waals surface area contributed by atoms with Crippen molar-refractivity contribution in [2.24, 2.45) is 5.41 Å². The summed E-state index contributed by atoms with van der Waals surface area (Å²) < 4.78 is 11.6. The van der Waals surface area contributed by atoms with Gasteiger partial charge in [-0.25, -0.2) is 0 Å². The van der Waals surface area contributed by atoms with E-state index in [0.29, 0.717) is 24.3 Å². The summed E-state index contributed by atoms with van der Waals surface area (Å²) in [5, 5.41) is 8.89. The molecule has 0 spiro atoms. The summed E-state index contributed by atoms with van der Waals surface area (Å²) in [6.07, 6.45) is 1.39. The van der Waals surface area contributed by atoms with E-state index in [-0.39, 0.29) is 5.97 Å². The van der Waals surface area contributed by atoms with E-state index in [1.54, 1.807) is 24.3 Å². The number of rotatable bonds is 7. The molecule has 0 fully saturated rings. The molecule has 0 saturated carbocycles. The number of hydrogen-bond donors (Lipinski definition) is 0. The van der Waals surface area contributed by atoms with Crippen LogP contribution < -0.4 is 9.47 Å². The van der Waals surface area contributed by atoms with Crippen molar-refractivity contribution in [3.05, 3.63) is 94.5 Å². The van der Waals surface area contributed by atoms with E-state index in [1.807, 2.05) is 58.0 Å². The van der Waals surface area contributed by atoms with Crippen LogP contribution in [0, 0.1) is 42.4 Å². The first-order valence-electron chi connectivity index (χ1n) is 11.3. The Morgan fingerprint density at radius 3 is 2.35 bits per heavy atom. The second kappa shape index (κ2) is 11.2. The van der Waals surface area contributed by atoms with Crippen molar-refractivity contribution in [3.8, 4) is 29.4 Å². The Hall–Kier alpha value is -4.02. The molecule has 0 atom stereocenters. The SMILES string of the molecule is Cc1ccc(C)c(OCCCC(C)(C)C(=O)Oc2cccc(C#Cc3ccc(C#N)cc3)c2)c1. The number of esters is 1. The molecule has 0 saturated heterocycles. The van der Waals surface area contributed by atoms with Gasteiger partial charge in [-0.15, -0.1) is 0 Å². The zero-order valence-corrected chi connectivity index (χ0v) is 20.1.